The first kappa shape index (κ1) is 10.3. The van der Waals surface area contributed by atoms with E-state index in [-0.39, 0.29) is 0 Å². The molecule has 2 heterocycles. The zero-order chi connectivity index (χ0) is 11.7. The molecular formula is C14H15N3. The second-order valence-electron chi connectivity index (χ2n) is 4.51. The fourth-order valence-corrected chi connectivity index (χ4v) is 2.52. The molecule has 1 atom stereocenters. The molecule has 0 aromatic carbocycles. The molecule has 2 aromatic heterocycles. The van der Waals surface area contributed by atoms with Crippen molar-refractivity contribution in [2.75, 3.05) is 5.73 Å². The van der Waals surface area contributed by atoms with Crippen molar-refractivity contribution in [3.63, 3.8) is 0 Å². The van der Waals surface area contributed by atoms with Crippen molar-refractivity contribution in [3.8, 4) is 0 Å². The van der Waals surface area contributed by atoms with Gasteiger partial charge in [-0.15, -0.1) is 0 Å². The summed E-state index contributed by atoms with van der Waals surface area (Å²) in [6.07, 6.45) is 7.06. The molecule has 0 saturated heterocycles. The van der Waals surface area contributed by atoms with Gasteiger partial charge >= 0.3 is 0 Å². The standard InChI is InChI=1S/C14H15N3/c15-11-6-7-13(17-9-11)12-5-1-3-10-4-2-8-16-14(10)12/h2,4,6-9,12H,1,3,5,15H2. The van der Waals surface area contributed by atoms with Crippen molar-refractivity contribution in [1.82, 2.24) is 9.97 Å². The van der Waals surface area contributed by atoms with Gasteiger partial charge in [0.05, 0.1) is 17.6 Å². The predicted octanol–water partition coefficient (Wildman–Crippen LogP) is 2.53. The summed E-state index contributed by atoms with van der Waals surface area (Å²) in [5.74, 6) is 0.334. The molecule has 0 amide bonds. The number of rotatable bonds is 1. The third kappa shape index (κ3) is 1.88. The molecular weight excluding hydrogens is 210 g/mol. The first-order valence-corrected chi connectivity index (χ1v) is 6.00. The Labute approximate surface area is 101 Å². The lowest BCUT2D eigenvalue weighted by molar-refractivity contribution is 0.588. The Bertz CT molecular complexity index is 519. The minimum absolute atomic E-state index is 0.334. The van der Waals surface area contributed by atoms with E-state index in [2.05, 4.69) is 16.0 Å². The number of aryl methyl sites for hydroxylation is 1. The highest BCUT2D eigenvalue weighted by Crippen LogP contribution is 2.34. The van der Waals surface area contributed by atoms with E-state index in [1.807, 2.05) is 24.4 Å². The van der Waals surface area contributed by atoms with E-state index < -0.39 is 0 Å². The zero-order valence-corrected chi connectivity index (χ0v) is 9.63. The molecule has 0 aliphatic heterocycles. The van der Waals surface area contributed by atoms with Crippen LogP contribution in [-0.4, -0.2) is 9.97 Å². The van der Waals surface area contributed by atoms with Gasteiger partial charge in [-0.3, -0.25) is 9.97 Å². The van der Waals surface area contributed by atoms with E-state index in [9.17, 15) is 0 Å². The van der Waals surface area contributed by atoms with Crippen molar-refractivity contribution >= 4 is 5.69 Å². The van der Waals surface area contributed by atoms with Crippen molar-refractivity contribution < 1.29 is 0 Å². The highest BCUT2D eigenvalue weighted by Gasteiger charge is 2.23. The van der Waals surface area contributed by atoms with E-state index in [0.717, 1.165) is 18.5 Å². The maximum atomic E-state index is 5.67. The van der Waals surface area contributed by atoms with Gasteiger partial charge in [-0.05, 0) is 43.0 Å². The smallest absolute Gasteiger partial charge is 0.0526 e. The van der Waals surface area contributed by atoms with Crippen LogP contribution >= 0.6 is 0 Å². The van der Waals surface area contributed by atoms with Crippen molar-refractivity contribution in [1.29, 1.82) is 0 Å². The molecule has 0 fully saturated rings. The highest BCUT2D eigenvalue weighted by atomic mass is 14.8. The highest BCUT2D eigenvalue weighted by molar-refractivity contribution is 5.38. The summed E-state index contributed by atoms with van der Waals surface area (Å²) in [7, 11) is 0. The molecule has 0 spiro atoms. The van der Waals surface area contributed by atoms with Gasteiger partial charge in [-0.1, -0.05) is 6.07 Å². The van der Waals surface area contributed by atoms with E-state index in [4.69, 9.17) is 5.73 Å². The number of fused-ring (bicyclic) bond motifs is 1. The summed E-state index contributed by atoms with van der Waals surface area (Å²) in [5, 5.41) is 0. The number of nitrogens with zero attached hydrogens (tertiary/aromatic N) is 2. The third-order valence-electron chi connectivity index (χ3n) is 3.36. The Balaban J connectivity index is 2.03. The lowest BCUT2D eigenvalue weighted by Gasteiger charge is -2.23. The van der Waals surface area contributed by atoms with Crippen LogP contribution in [0.1, 0.15) is 35.7 Å². The Kier molecular flexibility index (Phi) is 2.52. The molecule has 0 radical (unpaired) electrons. The lowest BCUT2D eigenvalue weighted by Crippen LogP contribution is -2.14. The van der Waals surface area contributed by atoms with Crippen LogP contribution in [-0.2, 0) is 6.42 Å². The second-order valence-corrected chi connectivity index (χ2v) is 4.51. The fraction of sp³-hybridized carbons (Fsp3) is 0.286. The summed E-state index contributed by atoms with van der Waals surface area (Å²) in [5.41, 5.74) is 10.0. The molecule has 3 nitrogen and oxygen atoms in total. The third-order valence-corrected chi connectivity index (χ3v) is 3.36. The minimum atomic E-state index is 0.334. The number of nitrogens with two attached hydrogens (primary N) is 1. The first-order chi connectivity index (χ1) is 8.34. The van der Waals surface area contributed by atoms with Crippen LogP contribution in [0.3, 0.4) is 0 Å². The lowest BCUT2D eigenvalue weighted by atomic mass is 9.84. The number of hydrogen-bond acceptors (Lipinski definition) is 3. The number of anilines is 1. The average Bonchev–Trinajstić information content (AvgIpc) is 2.39. The Morgan fingerprint density at radius 1 is 1.18 bits per heavy atom. The number of aromatic nitrogens is 2. The van der Waals surface area contributed by atoms with Crippen LogP contribution in [0.25, 0.3) is 0 Å². The van der Waals surface area contributed by atoms with Gasteiger partial charge in [-0.25, -0.2) is 0 Å². The first-order valence-electron chi connectivity index (χ1n) is 6.00. The molecule has 17 heavy (non-hydrogen) atoms. The van der Waals surface area contributed by atoms with E-state index in [1.54, 1.807) is 6.20 Å². The molecule has 3 rings (SSSR count). The largest absolute Gasteiger partial charge is 0.397 e. The van der Waals surface area contributed by atoms with Gasteiger partial charge in [0.25, 0.3) is 0 Å². The topological polar surface area (TPSA) is 51.8 Å². The zero-order valence-electron chi connectivity index (χ0n) is 9.63. The number of pyridine rings is 2. The van der Waals surface area contributed by atoms with Crippen LogP contribution < -0.4 is 5.73 Å². The summed E-state index contributed by atoms with van der Waals surface area (Å²) in [6.45, 7) is 0. The van der Waals surface area contributed by atoms with Crippen LogP contribution in [0.5, 0.6) is 0 Å². The monoisotopic (exact) mass is 225 g/mol. The Hall–Kier alpha value is -1.90. The van der Waals surface area contributed by atoms with Gasteiger partial charge < -0.3 is 5.73 Å². The number of nitrogen functional groups attached to an aromatic ring is 1. The maximum Gasteiger partial charge on any atom is 0.0526 e. The van der Waals surface area contributed by atoms with Crippen LogP contribution in [0.2, 0.25) is 0 Å². The Morgan fingerprint density at radius 3 is 2.94 bits per heavy atom. The van der Waals surface area contributed by atoms with E-state index in [0.29, 0.717) is 11.6 Å². The minimum Gasteiger partial charge on any atom is -0.397 e. The normalized spacial score (nSPS) is 18.7. The molecule has 0 bridgehead atoms. The average molecular weight is 225 g/mol. The second kappa shape index (κ2) is 4.17. The van der Waals surface area contributed by atoms with Gasteiger partial charge in [0.2, 0.25) is 0 Å². The van der Waals surface area contributed by atoms with E-state index >= 15 is 0 Å². The molecule has 2 N–H and O–H groups in total. The molecule has 3 heteroatoms. The Morgan fingerprint density at radius 2 is 2.12 bits per heavy atom. The van der Waals surface area contributed by atoms with Crippen molar-refractivity contribution in [3.05, 3.63) is 53.6 Å². The van der Waals surface area contributed by atoms with E-state index in [1.165, 1.54) is 17.7 Å². The quantitative estimate of drug-likeness (QED) is 0.811. The fourth-order valence-electron chi connectivity index (χ4n) is 2.52. The molecule has 2 aromatic rings. The maximum absolute atomic E-state index is 5.67. The predicted molar refractivity (Wildman–Crippen MR) is 67.7 cm³/mol. The SMILES string of the molecule is Nc1ccc(C2CCCc3cccnc32)nc1. The van der Waals surface area contributed by atoms with Crippen LogP contribution in [0.15, 0.2) is 36.7 Å². The number of hydrogen-bond donors (Lipinski definition) is 1. The van der Waals surface area contributed by atoms with Gasteiger partial charge in [0.15, 0.2) is 0 Å². The van der Waals surface area contributed by atoms with Crippen LogP contribution in [0, 0.1) is 0 Å². The molecule has 1 aliphatic carbocycles. The van der Waals surface area contributed by atoms with Crippen molar-refractivity contribution in [2.45, 2.75) is 25.2 Å². The summed E-state index contributed by atoms with van der Waals surface area (Å²) in [4.78, 5) is 8.96. The summed E-state index contributed by atoms with van der Waals surface area (Å²) >= 11 is 0. The van der Waals surface area contributed by atoms with Gasteiger partial charge in [0, 0.05) is 17.8 Å². The van der Waals surface area contributed by atoms with Gasteiger partial charge in [0.1, 0.15) is 0 Å². The molecule has 86 valence electrons. The van der Waals surface area contributed by atoms with Crippen LogP contribution in [0.4, 0.5) is 5.69 Å². The van der Waals surface area contributed by atoms with Gasteiger partial charge in [-0.2, -0.15) is 0 Å². The molecule has 0 saturated carbocycles. The summed E-state index contributed by atoms with van der Waals surface area (Å²) in [6, 6.07) is 8.12. The molecule has 1 aliphatic rings. The summed E-state index contributed by atoms with van der Waals surface area (Å²) < 4.78 is 0. The van der Waals surface area contributed by atoms with Crippen molar-refractivity contribution in [2.24, 2.45) is 0 Å². The molecule has 1 unspecified atom stereocenters.